The lowest BCUT2D eigenvalue weighted by Crippen LogP contribution is -2.51. The van der Waals surface area contributed by atoms with Gasteiger partial charge in [-0.1, -0.05) is 84.4 Å². The van der Waals surface area contributed by atoms with Crippen LogP contribution in [0.25, 0.3) is 0 Å². The molecule has 3 aromatic rings. The first-order valence-electron chi connectivity index (χ1n) is 12.1. The molecule has 0 saturated carbocycles. The summed E-state index contributed by atoms with van der Waals surface area (Å²) >= 11 is 0. The van der Waals surface area contributed by atoms with Crippen LogP contribution in [0.1, 0.15) is 40.3 Å². The summed E-state index contributed by atoms with van der Waals surface area (Å²) in [6.07, 6.45) is 0.390. The number of hydrogen-bond acceptors (Lipinski definition) is 4. The number of imide groups is 1. The fraction of sp³-hybridized carbons (Fsp3) is 0.310. The number of aliphatic hydroxyl groups is 1. The van der Waals surface area contributed by atoms with Crippen LogP contribution in [0.5, 0.6) is 0 Å². The highest BCUT2D eigenvalue weighted by atomic mass is 16.5. The highest BCUT2D eigenvalue weighted by molar-refractivity contribution is 6.07. The smallest absolute Gasteiger partial charge is 0.325 e. The Labute approximate surface area is 205 Å². The molecule has 1 fully saturated rings. The van der Waals surface area contributed by atoms with Crippen LogP contribution in [-0.4, -0.2) is 46.7 Å². The molecule has 35 heavy (non-hydrogen) atoms. The van der Waals surface area contributed by atoms with Gasteiger partial charge in [0.15, 0.2) is 0 Å². The van der Waals surface area contributed by atoms with Crippen LogP contribution >= 0.6 is 0 Å². The van der Waals surface area contributed by atoms with E-state index in [2.05, 4.69) is 11.4 Å². The van der Waals surface area contributed by atoms with E-state index >= 15 is 0 Å². The normalized spacial score (nSPS) is 21.0. The molecular formula is C29H30N2O4. The minimum atomic E-state index is -1.01. The summed E-state index contributed by atoms with van der Waals surface area (Å²) < 4.78 is 6.16. The molecular weight excluding hydrogens is 440 g/mol. The fourth-order valence-corrected chi connectivity index (χ4v) is 5.09. The van der Waals surface area contributed by atoms with Gasteiger partial charge >= 0.3 is 6.03 Å². The molecule has 6 nitrogen and oxygen atoms in total. The van der Waals surface area contributed by atoms with Gasteiger partial charge in [-0.3, -0.25) is 9.69 Å². The summed E-state index contributed by atoms with van der Waals surface area (Å²) in [5, 5.41) is 13.7. The van der Waals surface area contributed by atoms with Crippen LogP contribution in [0.15, 0.2) is 78.9 Å². The minimum absolute atomic E-state index is 0.0136. The van der Waals surface area contributed by atoms with Crippen molar-refractivity contribution in [2.24, 2.45) is 0 Å². The molecule has 5 rings (SSSR count). The van der Waals surface area contributed by atoms with Crippen molar-refractivity contribution in [2.45, 2.75) is 43.9 Å². The second-order valence-corrected chi connectivity index (χ2v) is 9.56. The van der Waals surface area contributed by atoms with Gasteiger partial charge in [-0.25, -0.2) is 4.79 Å². The molecule has 0 bridgehead atoms. The van der Waals surface area contributed by atoms with Gasteiger partial charge in [0.2, 0.25) is 0 Å². The van der Waals surface area contributed by atoms with Crippen molar-refractivity contribution >= 4 is 11.9 Å². The molecule has 1 saturated heterocycles. The summed E-state index contributed by atoms with van der Waals surface area (Å²) in [6.45, 7) is 1.91. The molecule has 3 amide bonds. The van der Waals surface area contributed by atoms with Gasteiger partial charge in [-0.15, -0.1) is 0 Å². The summed E-state index contributed by atoms with van der Waals surface area (Å²) in [6, 6.07) is 25.5. The first-order valence-corrected chi connectivity index (χ1v) is 12.1. The summed E-state index contributed by atoms with van der Waals surface area (Å²) in [7, 11) is 0. The lowest BCUT2D eigenvalue weighted by atomic mass is 9.78. The van der Waals surface area contributed by atoms with Crippen LogP contribution in [0.2, 0.25) is 0 Å². The van der Waals surface area contributed by atoms with Crippen LogP contribution in [0, 0.1) is 6.92 Å². The molecule has 180 valence electrons. The fourth-order valence-electron chi connectivity index (χ4n) is 5.09. The van der Waals surface area contributed by atoms with Crippen molar-refractivity contribution in [3.05, 3.63) is 107 Å². The van der Waals surface area contributed by atoms with E-state index in [1.165, 1.54) is 5.56 Å². The Hall–Kier alpha value is -3.48. The first-order chi connectivity index (χ1) is 16.9. The zero-order chi connectivity index (χ0) is 24.4. The largest absolute Gasteiger partial charge is 0.389 e. The molecule has 3 atom stereocenters. The molecule has 2 aliphatic rings. The predicted molar refractivity (Wildman–Crippen MR) is 133 cm³/mol. The van der Waals surface area contributed by atoms with Gasteiger partial charge in [0.1, 0.15) is 11.6 Å². The lowest BCUT2D eigenvalue weighted by molar-refractivity contribution is -0.133. The van der Waals surface area contributed by atoms with Crippen molar-refractivity contribution in [1.82, 2.24) is 10.2 Å². The Balaban J connectivity index is 1.26. The van der Waals surface area contributed by atoms with Crippen molar-refractivity contribution in [3.8, 4) is 0 Å². The number of hydrogen-bond donors (Lipinski definition) is 2. The van der Waals surface area contributed by atoms with Gasteiger partial charge in [0.25, 0.3) is 5.91 Å². The summed E-state index contributed by atoms with van der Waals surface area (Å²) in [5.74, 6) is -0.269. The standard InChI is InChI=1S/C29H30N2O4/c1-20-11-13-23(14-12-20)26(22-8-3-2-4-9-22)35-19-25(32)18-31-27(33)29(30-28(31)34)16-15-21-7-5-6-10-24(21)17-29/h2-14,25-26,32H,15-19H2,1H3,(H,30,34). The van der Waals surface area contributed by atoms with Gasteiger partial charge in [0.05, 0.1) is 19.3 Å². The first kappa shape index (κ1) is 23.3. The van der Waals surface area contributed by atoms with E-state index in [9.17, 15) is 14.7 Å². The average Bonchev–Trinajstić information content (AvgIpc) is 3.09. The van der Waals surface area contributed by atoms with Crippen molar-refractivity contribution in [2.75, 3.05) is 13.2 Å². The van der Waals surface area contributed by atoms with Crippen molar-refractivity contribution in [1.29, 1.82) is 0 Å². The van der Waals surface area contributed by atoms with E-state index in [1.54, 1.807) is 0 Å². The number of aliphatic hydroxyl groups excluding tert-OH is 1. The van der Waals surface area contributed by atoms with Gasteiger partial charge < -0.3 is 15.2 Å². The molecule has 3 unspecified atom stereocenters. The van der Waals surface area contributed by atoms with E-state index in [0.29, 0.717) is 12.8 Å². The number of benzene rings is 3. The number of nitrogens with zero attached hydrogens (tertiary/aromatic N) is 1. The highest BCUT2D eigenvalue weighted by Crippen LogP contribution is 2.34. The van der Waals surface area contributed by atoms with Crippen LogP contribution in [0.4, 0.5) is 4.79 Å². The third-order valence-electron chi connectivity index (χ3n) is 7.01. The molecule has 1 aliphatic carbocycles. The number of β-amino-alcohol motifs (C(OH)–C–C–N with tert-alkyl or cyclic N) is 1. The molecule has 1 aliphatic heterocycles. The Kier molecular flexibility index (Phi) is 6.41. The van der Waals surface area contributed by atoms with E-state index in [0.717, 1.165) is 33.6 Å². The minimum Gasteiger partial charge on any atom is -0.389 e. The quantitative estimate of drug-likeness (QED) is 0.513. The lowest BCUT2D eigenvalue weighted by Gasteiger charge is -2.32. The van der Waals surface area contributed by atoms with Crippen LogP contribution in [-0.2, 0) is 22.4 Å². The molecule has 6 heteroatoms. The van der Waals surface area contributed by atoms with E-state index in [4.69, 9.17) is 4.74 Å². The van der Waals surface area contributed by atoms with E-state index in [1.807, 2.05) is 79.7 Å². The number of carbonyl (C=O) groups excluding carboxylic acids is 2. The second-order valence-electron chi connectivity index (χ2n) is 9.56. The third-order valence-corrected chi connectivity index (χ3v) is 7.01. The number of urea groups is 1. The Morgan fingerprint density at radius 3 is 2.34 bits per heavy atom. The molecule has 1 heterocycles. The molecule has 0 aromatic heterocycles. The average molecular weight is 471 g/mol. The molecule has 2 N–H and O–H groups in total. The van der Waals surface area contributed by atoms with Gasteiger partial charge in [-0.2, -0.15) is 0 Å². The Morgan fingerprint density at radius 2 is 1.60 bits per heavy atom. The van der Waals surface area contributed by atoms with Crippen molar-refractivity contribution in [3.63, 3.8) is 0 Å². The number of fused-ring (bicyclic) bond motifs is 1. The number of rotatable bonds is 7. The van der Waals surface area contributed by atoms with Crippen LogP contribution in [0.3, 0.4) is 0 Å². The van der Waals surface area contributed by atoms with E-state index in [-0.39, 0.29) is 25.2 Å². The third kappa shape index (κ3) is 4.72. The summed E-state index contributed by atoms with van der Waals surface area (Å²) in [4.78, 5) is 27.2. The zero-order valence-corrected chi connectivity index (χ0v) is 19.8. The van der Waals surface area contributed by atoms with Crippen molar-refractivity contribution < 1.29 is 19.4 Å². The topological polar surface area (TPSA) is 78.9 Å². The van der Waals surface area contributed by atoms with Gasteiger partial charge in [0, 0.05) is 6.42 Å². The molecule has 0 radical (unpaired) electrons. The Morgan fingerprint density at radius 1 is 0.943 bits per heavy atom. The number of carbonyl (C=O) groups is 2. The molecule has 3 aromatic carbocycles. The van der Waals surface area contributed by atoms with Gasteiger partial charge in [-0.05, 0) is 42.0 Å². The second kappa shape index (κ2) is 9.64. The number of ether oxygens (including phenoxy) is 1. The maximum atomic E-state index is 13.3. The summed E-state index contributed by atoms with van der Waals surface area (Å²) in [5.41, 5.74) is 4.47. The Bertz CT molecular complexity index is 1210. The number of nitrogens with one attached hydrogen (secondary N) is 1. The highest BCUT2D eigenvalue weighted by Gasteiger charge is 2.52. The SMILES string of the molecule is Cc1ccc(C(OCC(O)CN2C(=O)NC3(CCc4ccccc4C3)C2=O)c2ccccc2)cc1. The van der Waals surface area contributed by atoms with E-state index < -0.39 is 17.7 Å². The maximum absolute atomic E-state index is 13.3. The predicted octanol–water partition coefficient (Wildman–Crippen LogP) is 3.94. The zero-order valence-electron chi connectivity index (χ0n) is 19.8. The number of amides is 3. The number of aryl methyl sites for hydroxylation is 2. The van der Waals surface area contributed by atoms with Crippen LogP contribution < -0.4 is 5.32 Å². The molecule has 1 spiro atoms. The monoisotopic (exact) mass is 470 g/mol. The maximum Gasteiger partial charge on any atom is 0.325 e.